The smallest absolute Gasteiger partial charge is 0.183 e. The van der Waals surface area contributed by atoms with Gasteiger partial charge in [-0.1, -0.05) is 31.4 Å². The summed E-state index contributed by atoms with van der Waals surface area (Å²) in [5, 5.41) is -0.220. The summed E-state index contributed by atoms with van der Waals surface area (Å²) in [6.45, 7) is 0. The summed E-state index contributed by atoms with van der Waals surface area (Å²) < 4.78 is 35.4. The van der Waals surface area contributed by atoms with E-state index in [-0.39, 0.29) is 5.25 Å². The van der Waals surface area contributed by atoms with Gasteiger partial charge in [-0.15, -0.1) is 0 Å². The van der Waals surface area contributed by atoms with E-state index in [9.17, 15) is 8.42 Å². The highest BCUT2D eigenvalue weighted by Crippen LogP contribution is 2.29. The first-order valence-electron chi connectivity index (χ1n) is 6.99. The van der Waals surface area contributed by atoms with Gasteiger partial charge in [0.2, 0.25) is 0 Å². The van der Waals surface area contributed by atoms with Crippen molar-refractivity contribution in [1.29, 1.82) is 0 Å². The number of sulfone groups is 1. The highest BCUT2D eigenvalue weighted by atomic mass is 32.2. The monoisotopic (exact) mass is 298 g/mol. The molecule has 0 atom stereocenters. The van der Waals surface area contributed by atoms with Crippen LogP contribution in [0.4, 0.5) is 0 Å². The Labute approximate surface area is 121 Å². The summed E-state index contributed by atoms with van der Waals surface area (Å²) in [4.78, 5) is 0.402. The van der Waals surface area contributed by atoms with E-state index in [0.29, 0.717) is 4.90 Å². The third-order valence-corrected chi connectivity index (χ3v) is 6.18. The molecule has 0 amide bonds. The molecule has 2 rings (SSSR count). The molecule has 0 aliphatic heterocycles. The second kappa shape index (κ2) is 6.70. The number of methoxy groups -OCH3 is 2. The van der Waals surface area contributed by atoms with Crippen LogP contribution >= 0.6 is 0 Å². The zero-order valence-electron chi connectivity index (χ0n) is 12.0. The topological polar surface area (TPSA) is 52.6 Å². The summed E-state index contributed by atoms with van der Waals surface area (Å²) >= 11 is 0. The molecule has 20 heavy (non-hydrogen) atoms. The molecule has 0 spiro atoms. The molecule has 1 aliphatic rings. The van der Waals surface area contributed by atoms with Gasteiger partial charge < -0.3 is 9.47 Å². The third-order valence-electron chi connectivity index (χ3n) is 3.90. The van der Waals surface area contributed by atoms with Crippen molar-refractivity contribution in [3.05, 3.63) is 29.8 Å². The molecule has 5 heteroatoms. The van der Waals surface area contributed by atoms with Gasteiger partial charge in [0.25, 0.3) is 0 Å². The van der Waals surface area contributed by atoms with Crippen LogP contribution in [0.1, 0.15) is 44.0 Å². The molecule has 0 radical (unpaired) electrons. The molecular weight excluding hydrogens is 276 g/mol. The van der Waals surface area contributed by atoms with Gasteiger partial charge >= 0.3 is 0 Å². The van der Waals surface area contributed by atoms with Gasteiger partial charge in [-0.25, -0.2) is 8.42 Å². The van der Waals surface area contributed by atoms with Gasteiger partial charge in [-0.2, -0.15) is 0 Å². The minimum absolute atomic E-state index is 0.220. The first-order valence-corrected chi connectivity index (χ1v) is 8.53. The molecule has 0 aromatic heterocycles. The zero-order valence-corrected chi connectivity index (χ0v) is 12.9. The maximum Gasteiger partial charge on any atom is 0.183 e. The Morgan fingerprint density at radius 1 is 1.00 bits per heavy atom. The van der Waals surface area contributed by atoms with E-state index in [4.69, 9.17) is 9.47 Å². The van der Waals surface area contributed by atoms with Gasteiger partial charge in [-0.05, 0) is 25.0 Å². The Morgan fingerprint density at radius 3 is 2.05 bits per heavy atom. The SMILES string of the molecule is COC(OC)c1ccc(S(=O)(=O)C2CCCCC2)cc1. The van der Waals surface area contributed by atoms with E-state index >= 15 is 0 Å². The summed E-state index contributed by atoms with van der Waals surface area (Å²) in [6, 6.07) is 6.83. The van der Waals surface area contributed by atoms with Crippen molar-refractivity contribution in [1.82, 2.24) is 0 Å². The minimum Gasteiger partial charge on any atom is -0.352 e. The molecule has 0 unspecified atom stereocenters. The Morgan fingerprint density at radius 2 is 1.55 bits per heavy atom. The molecule has 0 heterocycles. The molecule has 1 saturated carbocycles. The predicted octanol–water partition coefficient (Wildman–Crippen LogP) is 3.08. The Balaban J connectivity index is 2.20. The number of benzene rings is 1. The fourth-order valence-electron chi connectivity index (χ4n) is 2.75. The first-order chi connectivity index (χ1) is 9.59. The molecule has 0 bridgehead atoms. The summed E-state index contributed by atoms with van der Waals surface area (Å²) in [6.07, 6.45) is 4.27. The van der Waals surface area contributed by atoms with E-state index in [1.807, 2.05) is 0 Å². The molecule has 1 aromatic carbocycles. The van der Waals surface area contributed by atoms with E-state index in [2.05, 4.69) is 0 Å². The quantitative estimate of drug-likeness (QED) is 0.784. The highest BCUT2D eigenvalue weighted by Gasteiger charge is 2.28. The molecular formula is C15H22O4S. The number of rotatable bonds is 5. The zero-order chi connectivity index (χ0) is 14.6. The number of hydrogen-bond donors (Lipinski definition) is 0. The molecule has 1 aromatic rings. The Hall–Kier alpha value is -0.910. The number of hydrogen-bond acceptors (Lipinski definition) is 4. The minimum atomic E-state index is -3.20. The van der Waals surface area contributed by atoms with Gasteiger partial charge in [0.15, 0.2) is 16.1 Å². The van der Waals surface area contributed by atoms with E-state index < -0.39 is 16.1 Å². The molecule has 0 N–H and O–H groups in total. The van der Waals surface area contributed by atoms with Crippen molar-refractivity contribution in [3.63, 3.8) is 0 Å². The highest BCUT2D eigenvalue weighted by molar-refractivity contribution is 7.92. The standard InChI is InChI=1S/C15H22O4S/c1-18-15(19-2)12-8-10-14(11-9-12)20(16,17)13-6-4-3-5-7-13/h8-11,13,15H,3-7H2,1-2H3. The normalized spacial score (nSPS) is 17.6. The van der Waals surface area contributed by atoms with Crippen LogP contribution in [0.15, 0.2) is 29.2 Å². The lowest BCUT2D eigenvalue weighted by atomic mass is 10.0. The van der Waals surface area contributed by atoms with E-state index in [0.717, 1.165) is 37.7 Å². The molecule has 1 fully saturated rings. The van der Waals surface area contributed by atoms with Crippen LogP contribution in [0.3, 0.4) is 0 Å². The summed E-state index contributed by atoms with van der Waals surface area (Å²) in [5.41, 5.74) is 0.817. The van der Waals surface area contributed by atoms with Gasteiger partial charge in [0.1, 0.15) is 0 Å². The van der Waals surface area contributed by atoms with E-state index in [1.165, 1.54) is 0 Å². The maximum atomic E-state index is 12.5. The third kappa shape index (κ3) is 3.22. The van der Waals surface area contributed by atoms with Crippen molar-refractivity contribution in [2.75, 3.05) is 14.2 Å². The van der Waals surface area contributed by atoms with Gasteiger partial charge in [0, 0.05) is 19.8 Å². The van der Waals surface area contributed by atoms with Gasteiger partial charge in [-0.3, -0.25) is 0 Å². The Kier molecular flexibility index (Phi) is 5.18. The molecule has 0 saturated heterocycles. The lowest BCUT2D eigenvalue weighted by Crippen LogP contribution is -2.24. The second-order valence-electron chi connectivity index (χ2n) is 5.18. The average molecular weight is 298 g/mol. The summed E-state index contributed by atoms with van der Waals surface area (Å²) in [7, 11) is -0.0868. The van der Waals surface area contributed by atoms with Crippen LogP contribution in [-0.2, 0) is 19.3 Å². The molecule has 4 nitrogen and oxygen atoms in total. The van der Waals surface area contributed by atoms with Crippen molar-refractivity contribution in [3.8, 4) is 0 Å². The van der Waals surface area contributed by atoms with Crippen LogP contribution in [0.2, 0.25) is 0 Å². The lowest BCUT2D eigenvalue weighted by Gasteiger charge is -2.22. The fourth-order valence-corrected chi connectivity index (χ4v) is 4.61. The first kappa shape index (κ1) is 15.5. The fraction of sp³-hybridized carbons (Fsp3) is 0.600. The molecule has 112 valence electrons. The predicted molar refractivity (Wildman–Crippen MR) is 77.3 cm³/mol. The van der Waals surface area contributed by atoms with Crippen LogP contribution in [0.25, 0.3) is 0 Å². The van der Waals surface area contributed by atoms with E-state index in [1.54, 1.807) is 38.5 Å². The van der Waals surface area contributed by atoms with Crippen molar-refractivity contribution < 1.29 is 17.9 Å². The van der Waals surface area contributed by atoms with Gasteiger partial charge in [0.05, 0.1) is 10.1 Å². The lowest BCUT2D eigenvalue weighted by molar-refractivity contribution is -0.106. The van der Waals surface area contributed by atoms with Crippen molar-refractivity contribution >= 4 is 9.84 Å². The molecule has 1 aliphatic carbocycles. The average Bonchev–Trinajstić information content (AvgIpc) is 2.50. The van der Waals surface area contributed by atoms with Crippen LogP contribution < -0.4 is 0 Å². The largest absolute Gasteiger partial charge is 0.352 e. The van der Waals surface area contributed by atoms with Crippen molar-refractivity contribution in [2.24, 2.45) is 0 Å². The van der Waals surface area contributed by atoms with Crippen LogP contribution in [0, 0.1) is 0 Å². The van der Waals surface area contributed by atoms with Crippen LogP contribution in [-0.4, -0.2) is 27.9 Å². The Bertz CT molecular complexity index is 511. The van der Waals surface area contributed by atoms with Crippen LogP contribution in [0.5, 0.6) is 0 Å². The summed E-state index contributed by atoms with van der Waals surface area (Å²) in [5.74, 6) is 0. The number of ether oxygens (including phenoxy) is 2. The maximum absolute atomic E-state index is 12.5. The second-order valence-corrected chi connectivity index (χ2v) is 7.41. The van der Waals surface area contributed by atoms with Crippen molar-refractivity contribution in [2.45, 2.75) is 48.5 Å².